The van der Waals surface area contributed by atoms with Gasteiger partial charge in [0.1, 0.15) is 17.0 Å². The van der Waals surface area contributed by atoms with Crippen molar-refractivity contribution in [2.24, 2.45) is 0 Å². The number of carbonyl (C=O) groups is 1. The number of carbonyl (C=O) groups excluding carboxylic acids is 1. The van der Waals surface area contributed by atoms with E-state index in [4.69, 9.17) is 4.42 Å². The van der Waals surface area contributed by atoms with E-state index in [0.29, 0.717) is 34.9 Å². The smallest absolute Gasteiger partial charge is 0.275 e. The maximum atomic E-state index is 13.6. The number of amides is 1. The van der Waals surface area contributed by atoms with Crippen molar-refractivity contribution in [3.05, 3.63) is 65.8 Å². The molecule has 0 saturated carbocycles. The Hall–Kier alpha value is -3.62. The zero-order valence-corrected chi connectivity index (χ0v) is 17.2. The second kappa shape index (κ2) is 7.57. The van der Waals surface area contributed by atoms with Crippen LogP contribution in [0.5, 0.6) is 0 Å². The molecular formula is C22H21FN6O2. The van der Waals surface area contributed by atoms with E-state index in [9.17, 15) is 9.18 Å². The predicted molar refractivity (Wildman–Crippen MR) is 110 cm³/mol. The quantitative estimate of drug-likeness (QED) is 0.502. The number of pyridine rings is 1. The average Bonchev–Trinajstić information content (AvgIpc) is 3.43. The van der Waals surface area contributed by atoms with Gasteiger partial charge in [0.05, 0.1) is 18.3 Å². The summed E-state index contributed by atoms with van der Waals surface area (Å²) in [5, 5.41) is 8.31. The zero-order chi connectivity index (χ0) is 21.5. The highest BCUT2D eigenvalue weighted by Crippen LogP contribution is 2.32. The summed E-state index contributed by atoms with van der Waals surface area (Å²) in [5.41, 5.74) is 2.61. The minimum absolute atomic E-state index is 0.0336. The van der Waals surface area contributed by atoms with Crippen LogP contribution in [0.25, 0.3) is 16.8 Å². The van der Waals surface area contributed by atoms with E-state index in [1.54, 1.807) is 29.4 Å². The largest absolute Gasteiger partial charge is 0.440 e. The summed E-state index contributed by atoms with van der Waals surface area (Å²) in [6.45, 7) is 4.31. The molecule has 0 radical (unpaired) electrons. The first kappa shape index (κ1) is 19.3. The van der Waals surface area contributed by atoms with Gasteiger partial charge in [0.15, 0.2) is 17.2 Å². The third-order valence-corrected chi connectivity index (χ3v) is 5.71. The molecule has 1 aromatic carbocycles. The molecule has 1 aliphatic rings. The van der Waals surface area contributed by atoms with Crippen LogP contribution in [0, 0.1) is 12.7 Å². The third kappa shape index (κ3) is 3.56. The molecule has 8 nitrogen and oxygen atoms in total. The van der Waals surface area contributed by atoms with Gasteiger partial charge in [0.2, 0.25) is 0 Å². The summed E-state index contributed by atoms with van der Waals surface area (Å²) in [6.07, 6.45) is 4.74. The number of benzene rings is 1. The summed E-state index contributed by atoms with van der Waals surface area (Å²) < 4.78 is 19.4. The van der Waals surface area contributed by atoms with Gasteiger partial charge in [-0.2, -0.15) is 10.2 Å². The van der Waals surface area contributed by atoms with Crippen LogP contribution in [-0.4, -0.2) is 48.4 Å². The molecule has 0 bridgehead atoms. The van der Waals surface area contributed by atoms with Crippen LogP contribution in [0.2, 0.25) is 0 Å². The number of rotatable bonds is 3. The second-order valence-corrected chi connectivity index (χ2v) is 7.88. The normalized spacial score (nSPS) is 19.1. The summed E-state index contributed by atoms with van der Waals surface area (Å²) >= 11 is 0. The summed E-state index contributed by atoms with van der Waals surface area (Å²) in [5.74, 6) is -0.0924. The van der Waals surface area contributed by atoms with E-state index in [2.05, 4.69) is 20.2 Å². The Morgan fingerprint density at radius 2 is 1.94 bits per heavy atom. The number of aromatic nitrogens is 5. The van der Waals surface area contributed by atoms with E-state index >= 15 is 0 Å². The molecule has 9 heteroatoms. The Kier molecular flexibility index (Phi) is 4.72. The molecule has 2 atom stereocenters. The summed E-state index contributed by atoms with van der Waals surface area (Å²) in [7, 11) is 0. The molecule has 0 N–H and O–H groups in total. The van der Waals surface area contributed by atoms with Gasteiger partial charge in [-0.25, -0.2) is 14.4 Å². The van der Waals surface area contributed by atoms with Crippen LogP contribution in [-0.2, 0) is 0 Å². The molecule has 158 valence electrons. The number of fused-ring (bicyclic) bond motifs is 1. The fourth-order valence-corrected chi connectivity index (χ4v) is 4.03. The van der Waals surface area contributed by atoms with Crippen molar-refractivity contribution in [1.29, 1.82) is 0 Å². The molecule has 0 spiro atoms. The van der Waals surface area contributed by atoms with E-state index in [1.165, 1.54) is 16.9 Å². The standard InChI is InChI=1S/C22H21FN6O2/c1-13-3-7-18(29-24-9-10-25-29)20(26-13)22(30)28-12-15(5-4-14(28)2)21-27-17-11-16(23)6-8-19(17)31-21/h3,6-11,14-15H,4-5,12H2,1-2H3. The fraction of sp³-hybridized carbons (Fsp3) is 0.318. The Bertz CT molecular complexity index is 1250. The topological polar surface area (TPSA) is 89.9 Å². The molecule has 3 aromatic heterocycles. The SMILES string of the molecule is Cc1ccc(-n2nccn2)c(C(=O)N2CC(c3nc4cc(F)ccc4o3)CCC2C)n1. The minimum Gasteiger partial charge on any atom is -0.440 e. The Morgan fingerprint density at radius 1 is 1.13 bits per heavy atom. The lowest BCUT2D eigenvalue weighted by atomic mass is 9.93. The molecule has 4 aromatic rings. The van der Waals surface area contributed by atoms with Crippen molar-refractivity contribution in [2.75, 3.05) is 6.54 Å². The predicted octanol–water partition coefficient (Wildman–Crippen LogP) is 3.66. The third-order valence-electron chi connectivity index (χ3n) is 5.71. The highest BCUT2D eigenvalue weighted by molar-refractivity contribution is 5.96. The van der Waals surface area contributed by atoms with Crippen LogP contribution in [0.3, 0.4) is 0 Å². The molecule has 2 unspecified atom stereocenters. The van der Waals surface area contributed by atoms with Gasteiger partial charge in [-0.1, -0.05) is 0 Å². The van der Waals surface area contributed by atoms with Crippen molar-refractivity contribution in [3.8, 4) is 5.69 Å². The number of oxazole rings is 1. The van der Waals surface area contributed by atoms with Gasteiger partial charge < -0.3 is 9.32 Å². The van der Waals surface area contributed by atoms with E-state index in [0.717, 1.165) is 18.5 Å². The van der Waals surface area contributed by atoms with Crippen molar-refractivity contribution >= 4 is 17.0 Å². The molecule has 1 aliphatic heterocycles. The van der Waals surface area contributed by atoms with Gasteiger partial charge in [-0.05, 0) is 51.0 Å². The molecule has 31 heavy (non-hydrogen) atoms. The van der Waals surface area contributed by atoms with Crippen molar-refractivity contribution in [1.82, 2.24) is 29.9 Å². The first-order chi connectivity index (χ1) is 15.0. The Labute approximate surface area is 177 Å². The van der Waals surface area contributed by atoms with Gasteiger partial charge in [0, 0.05) is 24.3 Å². The second-order valence-electron chi connectivity index (χ2n) is 7.88. The first-order valence-corrected chi connectivity index (χ1v) is 10.2. The number of piperidine rings is 1. The highest BCUT2D eigenvalue weighted by atomic mass is 19.1. The summed E-state index contributed by atoms with van der Waals surface area (Å²) in [6, 6.07) is 7.95. The van der Waals surface area contributed by atoms with E-state index in [-0.39, 0.29) is 23.7 Å². The molecule has 1 amide bonds. The van der Waals surface area contributed by atoms with Crippen LogP contribution in [0.15, 0.2) is 47.1 Å². The molecule has 0 aliphatic carbocycles. The lowest BCUT2D eigenvalue weighted by molar-refractivity contribution is 0.0591. The number of hydrogen-bond donors (Lipinski definition) is 0. The molecule has 1 saturated heterocycles. The molecular weight excluding hydrogens is 399 g/mol. The average molecular weight is 420 g/mol. The highest BCUT2D eigenvalue weighted by Gasteiger charge is 2.34. The lowest BCUT2D eigenvalue weighted by Crippen LogP contribution is -2.45. The van der Waals surface area contributed by atoms with Gasteiger partial charge >= 0.3 is 0 Å². The number of nitrogens with zero attached hydrogens (tertiary/aromatic N) is 6. The molecule has 1 fully saturated rings. The Morgan fingerprint density at radius 3 is 2.74 bits per heavy atom. The molecule has 5 rings (SSSR count). The van der Waals surface area contributed by atoms with Crippen LogP contribution in [0.4, 0.5) is 4.39 Å². The summed E-state index contributed by atoms with van der Waals surface area (Å²) in [4.78, 5) is 25.8. The van der Waals surface area contributed by atoms with Crippen molar-refractivity contribution in [3.63, 3.8) is 0 Å². The zero-order valence-electron chi connectivity index (χ0n) is 17.2. The monoisotopic (exact) mass is 420 g/mol. The fourth-order valence-electron chi connectivity index (χ4n) is 4.03. The van der Waals surface area contributed by atoms with Crippen molar-refractivity contribution in [2.45, 2.75) is 38.6 Å². The number of likely N-dealkylation sites (tertiary alicyclic amines) is 1. The number of halogens is 1. The van der Waals surface area contributed by atoms with Gasteiger partial charge in [-0.3, -0.25) is 4.79 Å². The first-order valence-electron chi connectivity index (χ1n) is 10.2. The van der Waals surface area contributed by atoms with E-state index in [1.807, 2.05) is 19.9 Å². The van der Waals surface area contributed by atoms with Crippen molar-refractivity contribution < 1.29 is 13.6 Å². The van der Waals surface area contributed by atoms with Crippen LogP contribution < -0.4 is 0 Å². The number of hydrogen-bond acceptors (Lipinski definition) is 6. The lowest BCUT2D eigenvalue weighted by Gasteiger charge is -2.37. The van der Waals surface area contributed by atoms with Gasteiger partial charge in [-0.15, -0.1) is 4.80 Å². The van der Waals surface area contributed by atoms with E-state index < -0.39 is 0 Å². The molecule has 4 heterocycles. The Balaban J connectivity index is 1.47. The van der Waals surface area contributed by atoms with Crippen LogP contribution in [0.1, 0.15) is 47.8 Å². The van der Waals surface area contributed by atoms with Gasteiger partial charge in [0.25, 0.3) is 5.91 Å². The number of aryl methyl sites for hydroxylation is 1. The maximum absolute atomic E-state index is 13.6. The minimum atomic E-state index is -0.355. The van der Waals surface area contributed by atoms with Crippen LogP contribution >= 0.6 is 0 Å². The maximum Gasteiger partial charge on any atom is 0.275 e.